The molecule has 0 N–H and O–H groups in total. The molecule has 2 heterocycles. The second-order valence-corrected chi connectivity index (χ2v) is 5.25. The normalized spacial score (nSPS) is 14.2. The number of hydrogen-bond acceptors (Lipinski definition) is 5. The molecule has 0 aliphatic heterocycles. The third-order valence-corrected chi connectivity index (χ3v) is 3.79. The highest BCUT2D eigenvalue weighted by molar-refractivity contribution is 7.99. The summed E-state index contributed by atoms with van der Waals surface area (Å²) in [7, 11) is 0. The molecule has 0 aliphatic rings. The highest BCUT2D eigenvalue weighted by atomic mass is 32.2. The Balaban J connectivity index is 2.05. The van der Waals surface area contributed by atoms with Crippen LogP contribution in [0.2, 0.25) is 0 Å². The zero-order chi connectivity index (χ0) is 13.0. The molecule has 0 saturated heterocycles. The Labute approximate surface area is 109 Å². The Morgan fingerprint density at radius 2 is 1.67 bits per heavy atom. The minimum absolute atomic E-state index is 0.0967. The van der Waals surface area contributed by atoms with Gasteiger partial charge in [-0.2, -0.15) is 0 Å². The lowest BCUT2D eigenvalue weighted by atomic mass is 10.1. The number of hydrogen-bond donors (Lipinski definition) is 0. The van der Waals surface area contributed by atoms with Crippen molar-refractivity contribution in [1.29, 1.82) is 0 Å². The molecule has 94 valence electrons. The highest BCUT2D eigenvalue weighted by Crippen LogP contribution is 2.29. The molecule has 0 unspecified atom stereocenters. The van der Waals surface area contributed by atoms with Crippen LogP contribution in [0.15, 0.2) is 36.0 Å². The molecule has 0 bridgehead atoms. The second-order valence-electron chi connectivity index (χ2n) is 3.90. The minimum Gasteiger partial charge on any atom is -0.238 e. The van der Waals surface area contributed by atoms with E-state index in [9.17, 15) is 4.39 Å². The van der Waals surface area contributed by atoms with E-state index >= 15 is 0 Å². The van der Waals surface area contributed by atoms with Crippen LogP contribution in [0.1, 0.15) is 25.6 Å². The van der Waals surface area contributed by atoms with Gasteiger partial charge in [0, 0.05) is 23.6 Å². The Morgan fingerprint density at radius 3 is 2.28 bits per heavy atom. The first kappa shape index (κ1) is 12.9. The first-order valence-corrected chi connectivity index (χ1v) is 6.46. The van der Waals surface area contributed by atoms with E-state index in [1.165, 1.54) is 12.4 Å². The largest absolute Gasteiger partial charge is 0.238 e. The van der Waals surface area contributed by atoms with E-state index in [1.807, 2.05) is 6.92 Å². The van der Waals surface area contributed by atoms with Crippen molar-refractivity contribution in [2.45, 2.75) is 30.2 Å². The van der Waals surface area contributed by atoms with E-state index in [1.54, 1.807) is 30.2 Å². The summed E-state index contributed by atoms with van der Waals surface area (Å²) in [5.41, 5.74) is 0. The fourth-order valence-corrected chi connectivity index (χ4v) is 2.28. The van der Waals surface area contributed by atoms with Crippen molar-refractivity contribution in [3.63, 3.8) is 0 Å². The summed E-state index contributed by atoms with van der Waals surface area (Å²) in [5.74, 6) is 0.310. The van der Waals surface area contributed by atoms with Crippen LogP contribution in [0, 0.1) is 5.82 Å². The fraction of sp³-hybridized carbons (Fsp3) is 0.333. The number of nitrogens with zero attached hydrogens (tertiary/aromatic N) is 4. The van der Waals surface area contributed by atoms with E-state index in [0.717, 1.165) is 5.16 Å². The SMILES string of the molecule is C[C@H](c1ncc(F)cn1)[C@@H](C)Sc1ncccn1. The zero-order valence-corrected chi connectivity index (χ0v) is 10.9. The van der Waals surface area contributed by atoms with Crippen LogP contribution in [0.25, 0.3) is 0 Å². The lowest BCUT2D eigenvalue weighted by Crippen LogP contribution is -2.12. The molecule has 6 heteroatoms. The number of aromatic nitrogens is 4. The summed E-state index contributed by atoms with van der Waals surface area (Å²) in [5, 5.41) is 0.928. The Hall–Kier alpha value is -1.56. The van der Waals surface area contributed by atoms with E-state index in [2.05, 4.69) is 26.9 Å². The molecule has 2 aromatic heterocycles. The summed E-state index contributed by atoms with van der Waals surface area (Å²) >= 11 is 1.55. The van der Waals surface area contributed by atoms with E-state index in [0.29, 0.717) is 5.82 Å². The lowest BCUT2D eigenvalue weighted by Gasteiger charge is -2.16. The van der Waals surface area contributed by atoms with Crippen molar-refractivity contribution in [3.05, 3.63) is 42.5 Å². The zero-order valence-electron chi connectivity index (χ0n) is 10.1. The Morgan fingerprint density at radius 1 is 1.06 bits per heavy atom. The van der Waals surface area contributed by atoms with Gasteiger partial charge in [-0.05, 0) is 6.07 Å². The third kappa shape index (κ3) is 3.22. The molecule has 0 aromatic carbocycles. The summed E-state index contributed by atoms with van der Waals surface area (Å²) in [6, 6.07) is 1.78. The average Bonchev–Trinajstić information content (AvgIpc) is 2.40. The topological polar surface area (TPSA) is 51.6 Å². The standard InChI is InChI=1S/C12H13FN4S/c1-8(11-16-6-10(13)7-17-11)9(2)18-12-14-4-3-5-15-12/h3-9H,1-2H3/t8-,9+/m0/s1. The first-order chi connectivity index (χ1) is 8.66. The molecule has 0 aliphatic carbocycles. The molecular formula is C12H13FN4S. The fourth-order valence-electron chi connectivity index (χ4n) is 1.38. The molecule has 2 aromatic rings. The summed E-state index contributed by atoms with van der Waals surface area (Å²) < 4.78 is 12.7. The van der Waals surface area contributed by atoms with E-state index in [-0.39, 0.29) is 11.2 Å². The maximum Gasteiger partial charge on any atom is 0.187 e. The van der Waals surface area contributed by atoms with Gasteiger partial charge in [0.2, 0.25) is 0 Å². The Kier molecular flexibility index (Phi) is 4.19. The minimum atomic E-state index is -0.419. The molecular weight excluding hydrogens is 251 g/mol. The van der Waals surface area contributed by atoms with Crippen LogP contribution in [0.5, 0.6) is 0 Å². The van der Waals surface area contributed by atoms with Crippen molar-refractivity contribution >= 4 is 11.8 Å². The molecule has 0 spiro atoms. The number of thioether (sulfide) groups is 1. The van der Waals surface area contributed by atoms with Gasteiger partial charge in [-0.15, -0.1) is 0 Å². The predicted octanol–water partition coefficient (Wildman–Crippen LogP) is 2.69. The summed E-state index contributed by atoms with van der Waals surface area (Å²) in [6.07, 6.45) is 5.80. The van der Waals surface area contributed by atoms with Gasteiger partial charge in [0.1, 0.15) is 5.82 Å². The van der Waals surface area contributed by atoms with Crippen LogP contribution < -0.4 is 0 Å². The van der Waals surface area contributed by atoms with E-state index in [4.69, 9.17) is 0 Å². The van der Waals surface area contributed by atoms with Gasteiger partial charge >= 0.3 is 0 Å². The first-order valence-electron chi connectivity index (χ1n) is 5.58. The molecule has 2 rings (SSSR count). The monoisotopic (exact) mass is 264 g/mol. The van der Waals surface area contributed by atoms with Gasteiger partial charge in [0.05, 0.1) is 12.4 Å². The highest BCUT2D eigenvalue weighted by Gasteiger charge is 2.19. The summed E-state index contributed by atoms with van der Waals surface area (Å²) in [6.45, 7) is 4.06. The van der Waals surface area contributed by atoms with Crippen molar-refractivity contribution < 1.29 is 4.39 Å². The van der Waals surface area contributed by atoms with Gasteiger partial charge in [-0.3, -0.25) is 0 Å². The van der Waals surface area contributed by atoms with Crippen molar-refractivity contribution in [3.8, 4) is 0 Å². The maximum absolute atomic E-state index is 12.7. The molecule has 2 atom stereocenters. The quantitative estimate of drug-likeness (QED) is 0.627. The molecule has 0 saturated carbocycles. The van der Waals surface area contributed by atoms with Gasteiger partial charge in [-0.25, -0.2) is 24.3 Å². The van der Waals surface area contributed by atoms with Gasteiger partial charge < -0.3 is 0 Å². The Bertz CT molecular complexity index is 491. The average molecular weight is 264 g/mol. The van der Waals surface area contributed by atoms with Crippen LogP contribution >= 0.6 is 11.8 Å². The van der Waals surface area contributed by atoms with Gasteiger partial charge in [-0.1, -0.05) is 25.6 Å². The number of halogens is 1. The van der Waals surface area contributed by atoms with Gasteiger partial charge in [0.25, 0.3) is 0 Å². The van der Waals surface area contributed by atoms with E-state index < -0.39 is 5.82 Å². The van der Waals surface area contributed by atoms with Crippen molar-refractivity contribution in [2.24, 2.45) is 0 Å². The molecule has 0 radical (unpaired) electrons. The molecule has 18 heavy (non-hydrogen) atoms. The predicted molar refractivity (Wildman–Crippen MR) is 67.8 cm³/mol. The third-order valence-electron chi connectivity index (χ3n) is 2.59. The second kappa shape index (κ2) is 5.86. The van der Waals surface area contributed by atoms with Crippen LogP contribution in [0.3, 0.4) is 0 Å². The van der Waals surface area contributed by atoms with Gasteiger partial charge in [0.15, 0.2) is 11.0 Å². The summed E-state index contributed by atoms with van der Waals surface area (Å²) in [4.78, 5) is 16.3. The lowest BCUT2D eigenvalue weighted by molar-refractivity contribution is 0.597. The van der Waals surface area contributed by atoms with Crippen LogP contribution in [-0.4, -0.2) is 25.2 Å². The van der Waals surface area contributed by atoms with Crippen LogP contribution in [-0.2, 0) is 0 Å². The smallest absolute Gasteiger partial charge is 0.187 e. The maximum atomic E-state index is 12.7. The van der Waals surface area contributed by atoms with Crippen LogP contribution in [0.4, 0.5) is 4.39 Å². The van der Waals surface area contributed by atoms with Crippen molar-refractivity contribution in [1.82, 2.24) is 19.9 Å². The molecule has 4 nitrogen and oxygen atoms in total. The van der Waals surface area contributed by atoms with Crippen molar-refractivity contribution in [2.75, 3.05) is 0 Å². The molecule has 0 fully saturated rings. The number of rotatable bonds is 4. The molecule has 0 amide bonds.